The monoisotopic (exact) mass is 344 g/mol. The van der Waals surface area contributed by atoms with E-state index in [-0.39, 0.29) is 43.2 Å². The fourth-order valence-corrected chi connectivity index (χ4v) is 2.36. The quantitative estimate of drug-likeness (QED) is 0.476. The lowest BCUT2D eigenvalue weighted by Gasteiger charge is -2.31. The van der Waals surface area contributed by atoms with E-state index in [2.05, 4.69) is 9.73 Å². The maximum Gasteiger partial charge on any atom is 0.418 e. The highest BCUT2D eigenvalue weighted by molar-refractivity contribution is 6.14. The molecule has 1 saturated heterocycles. The lowest BCUT2D eigenvalue weighted by Crippen LogP contribution is -2.37. The first-order chi connectivity index (χ1) is 11.4. The molecule has 24 heavy (non-hydrogen) atoms. The molecule has 0 saturated carbocycles. The number of carbonyl (C=O) groups is 2. The Morgan fingerprint density at radius 3 is 2.54 bits per heavy atom. The molecule has 1 aliphatic heterocycles. The Bertz CT molecular complexity index is 653. The third kappa shape index (κ3) is 3.91. The number of anilines is 1. The van der Waals surface area contributed by atoms with E-state index in [1.807, 2.05) is 0 Å². The molecule has 1 heterocycles. The zero-order valence-corrected chi connectivity index (χ0v) is 12.8. The van der Waals surface area contributed by atoms with E-state index >= 15 is 0 Å². The summed E-state index contributed by atoms with van der Waals surface area (Å²) < 4.78 is 50.0. The summed E-state index contributed by atoms with van der Waals surface area (Å²) in [5.74, 6) is -0.837. The van der Waals surface area contributed by atoms with E-state index < -0.39 is 17.7 Å². The van der Waals surface area contributed by atoms with Crippen molar-refractivity contribution in [3.05, 3.63) is 23.3 Å². The molecule has 130 valence electrons. The van der Waals surface area contributed by atoms with E-state index in [4.69, 9.17) is 4.74 Å². The number of ether oxygens (including phenoxy) is 2. The Hall–Kier alpha value is -2.42. The number of hydrogen-bond donors (Lipinski definition) is 0. The molecular weight excluding hydrogens is 329 g/mol. The number of esters is 1. The van der Waals surface area contributed by atoms with Gasteiger partial charge in [0.25, 0.3) is 0 Å². The molecule has 0 N–H and O–H groups in total. The van der Waals surface area contributed by atoms with Gasteiger partial charge in [0.1, 0.15) is 0 Å². The Morgan fingerprint density at radius 2 is 2.00 bits per heavy atom. The van der Waals surface area contributed by atoms with E-state index in [0.717, 1.165) is 25.5 Å². The van der Waals surface area contributed by atoms with Crippen molar-refractivity contribution in [2.45, 2.75) is 6.18 Å². The van der Waals surface area contributed by atoms with Crippen LogP contribution in [0.2, 0.25) is 0 Å². The van der Waals surface area contributed by atoms with Gasteiger partial charge in [-0.2, -0.15) is 13.2 Å². The second kappa shape index (κ2) is 7.43. The predicted octanol–water partition coefficient (Wildman–Crippen LogP) is 2.23. The molecule has 0 aromatic heterocycles. The van der Waals surface area contributed by atoms with Crippen molar-refractivity contribution in [2.24, 2.45) is 4.99 Å². The lowest BCUT2D eigenvalue weighted by molar-refractivity contribution is -0.137. The number of morpholine rings is 1. The highest BCUT2D eigenvalue weighted by atomic mass is 19.4. The summed E-state index contributed by atoms with van der Waals surface area (Å²) in [6, 6.07) is 1.84. The summed E-state index contributed by atoms with van der Waals surface area (Å²) in [7, 11) is 1.11. The number of carbonyl (C=O) groups excluding carboxylic acids is 2. The number of rotatable bonds is 4. The van der Waals surface area contributed by atoms with Crippen LogP contribution >= 0.6 is 0 Å². The minimum atomic E-state index is -4.65. The van der Waals surface area contributed by atoms with Crippen molar-refractivity contribution in [1.82, 2.24) is 0 Å². The zero-order valence-electron chi connectivity index (χ0n) is 12.8. The largest absolute Gasteiger partial charge is 0.465 e. The number of benzene rings is 1. The van der Waals surface area contributed by atoms with Crippen LogP contribution in [0, 0.1) is 0 Å². The Labute approximate surface area is 135 Å². The van der Waals surface area contributed by atoms with Gasteiger partial charge >= 0.3 is 12.1 Å². The van der Waals surface area contributed by atoms with Crippen LogP contribution in [0.25, 0.3) is 0 Å². The van der Waals surface area contributed by atoms with Crippen molar-refractivity contribution in [3.63, 3.8) is 0 Å². The van der Waals surface area contributed by atoms with Gasteiger partial charge in [-0.3, -0.25) is 9.79 Å². The van der Waals surface area contributed by atoms with Gasteiger partial charge in [-0.15, -0.1) is 0 Å². The van der Waals surface area contributed by atoms with Crippen LogP contribution in [0.3, 0.4) is 0 Å². The first kappa shape index (κ1) is 17.9. The third-order valence-electron chi connectivity index (χ3n) is 3.45. The number of hydrogen-bond acceptors (Lipinski definition) is 6. The zero-order chi connectivity index (χ0) is 17.7. The van der Waals surface area contributed by atoms with Crippen molar-refractivity contribution in [1.29, 1.82) is 0 Å². The standard InChI is InChI=1S/C15H15F3N2O4/c1-23-14(22)10-8-13(20-3-6-24-7-4-20)11(15(16,17)18)9-12(10)19-2-5-21/h2,5,8-9H,3-4,6-7H2,1H3. The Balaban J connectivity index is 2.64. The molecule has 0 unspecified atom stereocenters. The van der Waals surface area contributed by atoms with Crippen LogP contribution in [-0.2, 0) is 20.4 Å². The van der Waals surface area contributed by atoms with Crippen LogP contribution in [0.4, 0.5) is 24.5 Å². The van der Waals surface area contributed by atoms with Gasteiger partial charge in [-0.25, -0.2) is 4.79 Å². The van der Waals surface area contributed by atoms with Gasteiger partial charge in [-0.05, 0) is 12.1 Å². The minimum Gasteiger partial charge on any atom is -0.465 e. The number of methoxy groups -OCH3 is 1. The maximum atomic E-state index is 13.4. The van der Waals surface area contributed by atoms with Gasteiger partial charge in [0.15, 0.2) is 6.29 Å². The smallest absolute Gasteiger partial charge is 0.418 e. The molecule has 1 aromatic rings. The number of aliphatic imine (C=N–C) groups is 1. The summed E-state index contributed by atoms with van der Waals surface area (Å²) in [6.45, 7) is 1.10. The average molecular weight is 344 g/mol. The molecule has 0 atom stereocenters. The fourth-order valence-electron chi connectivity index (χ4n) is 2.36. The van der Waals surface area contributed by atoms with Gasteiger partial charge in [-0.1, -0.05) is 0 Å². The second-order valence-corrected chi connectivity index (χ2v) is 4.89. The number of aldehydes is 1. The number of alkyl halides is 3. The molecule has 0 spiro atoms. The Kier molecular flexibility index (Phi) is 5.55. The molecule has 0 radical (unpaired) electrons. The van der Waals surface area contributed by atoms with Crippen molar-refractivity contribution in [2.75, 3.05) is 38.3 Å². The molecule has 1 fully saturated rings. The molecule has 9 heteroatoms. The molecule has 2 rings (SSSR count). The maximum absolute atomic E-state index is 13.4. The molecule has 1 aliphatic rings. The lowest BCUT2D eigenvalue weighted by atomic mass is 10.0. The van der Waals surface area contributed by atoms with Crippen LogP contribution in [0.5, 0.6) is 0 Å². The van der Waals surface area contributed by atoms with Crippen molar-refractivity contribution < 1.29 is 32.2 Å². The molecule has 0 aliphatic carbocycles. The third-order valence-corrected chi connectivity index (χ3v) is 3.45. The van der Waals surface area contributed by atoms with Gasteiger partial charge in [0.05, 0.1) is 49.0 Å². The summed E-state index contributed by atoms with van der Waals surface area (Å²) in [5, 5.41) is 0. The van der Waals surface area contributed by atoms with Gasteiger partial charge in [0.2, 0.25) is 0 Å². The average Bonchev–Trinajstić information content (AvgIpc) is 2.58. The first-order valence-electron chi connectivity index (χ1n) is 7.02. The predicted molar refractivity (Wildman–Crippen MR) is 80.0 cm³/mol. The summed E-state index contributed by atoms with van der Waals surface area (Å²) in [4.78, 5) is 27.4. The molecule has 0 bridgehead atoms. The Morgan fingerprint density at radius 1 is 1.33 bits per heavy atom. The second-order valence-electron chi connectivity index (χ2n) is 4.89. The van der Waals surface area contributed by atoms with E-state index in [1.165, 1.54) is 4.90 Å². The summed E-state index contributed by atoms with van der Waals surface area (Å²) >= 11 is 0. The van der Waals surface area contributed by atoms with E-state index in [1.54, 1.807) is 0 Å². The molecule has 6 nitrogen and oxygen atoms in total. The molecular formula is C15H15F3N2O4. The van der Waals surface area contributed by atoms with Gasteiger partial charge < -0.3 is 14.4 Å². The van der Waals surface area contributed by atoms with Crippen LogP contribution in [0.15, 0.2) is 17.1 Å². The van der Waals surface area contributed by atoms with E-state index in [9.17, 15) is 22.8 Å². The molecule has 1 aromatic carbocycles. The topological polar surface area (TPSA) is 68.2 Å². The highest BCUT2D eigenvalue weighted by Gasteiger charge is 2.37. The molecule has 0 amide bonds. The summed E-state index contributed by atoms with van der Waals surface area (Å²) in [5.41, 5.74) is -1.50. The minimum absolute atomic E-state index is 0.142. The fraction of sp³-hybridized carbons (Fsp3) is 0.400. The number of nitrogens with zero attached hydrogens (tertiary/aromatic N) is 2. The number of halogens is 3. The van der Waals surface area contributed by atoms with Crippen LogP contribution in [0.1, 0.15) is 15.9 Å². The normalized spacial score (nSPS) is 15.6. The van der Waals surface area contributed by atoms with Gasteiger partial charge in [0, 0.05) is 13.1 Å². The first-order valence-corrected chi connectivity index (χ1v) is 7.02. The SMILES string of the molecule is COC(=O)c1cc(N2CCOCC2)c(C(F)(F)F)cc1N=CC=O. The van der Waals surface area contributed by atoms with Crippen molar-refractivity contribution in [3.8, 4) is 0 Å². The van der Waals surface area contributed by atoms with Crippen LogP contribution < -0.4 is 4.90 Å². The highest BCUT2D eigenvalue weighted by Crippen LogP contribution is 2.41. The summed E-state index contributed by atoms with van der Waals surface area (Å²) in [6.07, 6.45) is -3.56. The van der Waals surface area contributed by atoms with Crippen LogP contribution in [-0.4, -0.2) is 51.9 Å². The van der Waals surface area contributed by atoms with E-state index in [0.29, 0.717) is 6.29 Å². The van der Waals surface area contributed by atoms with Crippen molar-refractivity contribution >= 4 is 29.8 Å².